The van der Waals surface area contributed by atoms with Crippen LogP contribution >= 0.6 is 27.6 Å². The van der Waals surface area contributed by atoms with Gasteiger partial charge in [-0.3, -0.25) is 0 Å². The van der Waals surface area contributed by atoms with Crippen LogP contribution in [0.5, 0.6) is 0 Å². The van der Waals surface area contributed by atoms with Crippen LogP contribution in [0.25, 0.3) is 0 Å². The minimum atomic E-state index is -1.27. The summed E-state index contributed by atoms with van der Waals surface area (Å²) in [7, 11) is -2.54. The first-order chi connectivity index (χ1) is 19.2. The highest BCUT2D eigenvalue weighted by molar-refractivity contribution is 8.00. The molecule has 0 aromatic heterocycles. The summed E-state index contributed by atoms with van der Waals surface area (Å²) in [6.07, 6.45) is 20.8. The van der Waals surface area contributed by atoms with E-state index in [9.17, 15) is 0 Å². The van der Waals surface area contributed by atoms with Crippen molar-refractivity contribution in [2.75, 3.05) is 0 Å². The fourth-order valence-electron chi connectivity index (χ4n) is 2.48. The highest BCUT2D eigenvalue weighted by atomic mass is 32.2. The topological polar surface area (TPSA) is 0 Å². The Morgan fingerprint density at radius 2 is 0.718 bits per heavy atom. The molecule has 172 valence electrons. The van der Waals surface area contributed by atoms with Crippen molar-refractivity contribution in [1.82, 2.24) is 0 Å². The van der Waals surface area contributed by atoms with Crippen molar-refractivity contribution in [3.05, 3.63) is 48.5 Å². The van der Waals surface area contributed by atoms with Gasteiger partial charge in [-0.15, -0.1) is 25.7 Å². The molecule has 0 nitrogen and oxygen atoms in total. The largest absolute Gasteiger partial charge is 0.106 e. The zero-order valence-corrected chi connectivity index (χ0v) is 22.8. The molecule has 0 aliphatic carbocycles. The molecule has 0 amide bonds. The standard InChI is InChI=1S/C36H12P2S/c1-5-9-13-21-29-37(30-22-14-10-6-2)33-25-17-19-27-35(33)39-36-28-20-18-26-34(36)38(31-23-15-11-7-3)32-24-16-12-8-4/h1-4,17-20,25-28H. The van der Waals surface area contributed by atoms with E-state index in [0.717, 1.165) is 20.4 Å². The van der Waals surface area contributed by atoms with Gasteiger partial charge in [0.2, 0.25) is 0 Å². The van der Waals surface area contributed by atoms with Crippen LogP contribution in [0.15, 0.2) is 58.3 Å². The van der Waals surface area contributed by atoms with E-state index in [1.807, 2.05) is 48.5 Å². The van der Waals surface area contributed by atoms with Crippen LogP contribution in [-0.2, 0) is 0 Å². The van der Waals surface area contributed by atoms with Crippen molar-refractivity contribution in [2.45, 2.75) is 9.79 Å². The Morgan fingerprint density at radius 1 is 0.410 bits per heavy atom. The van der Waals surface area contributed by atoms with E-state index in [1.54, 1.807) is 11.8 Å². The van der Waals surface area contributed by atoms with Crippen LogP contribution in [0.3, 0.4) is 0 Å². The first kappa shape index (κ1) is 29.6. The Labute approximate surface area is 238 Å². The molecule has 0 bridgehead atoms. The Kier molecular flexibility index (Phi) is 14.1. The number of rotatable bonds is 4. The van der Waals surface area contributed by atoms with Gasteiger partial charge >= 0.3 is 0 Å². The predicted molar refractivity (Wildman–Crippen MR) is 168 cm³/mol. The monoisotopic (exact) mass is 538 g/mol. The first-order valence-corrected chi connectivity index (χ1v) is 14.1. The highest BCUT2D eigenvalue weighted by Crippen LogP contribution is 2.41. The normalized spacial score (nSPS) is 7.33. The van der Waals surface area contributed by atoms with Gasteiger partial charge in [0, 0.05) is 20.4 Å². The van der Waals surface area contributed by atoms with Gasteiger partial charge in [-0.1, -0.05) is 48.2 Å². The maximum atomic E-state index is 5.21. The molecule has 0 heterocycles. The predicted octanol–water partition coefficient (Wildman–Crippen LogP) is 4.44. The minimum Gasteiger partial charge on any atom is -0.106 e. The van der Waals surface area contributed by atoms with Gasteiger partial charge in [0.15, 0.2) is 0 Å². The molecule has 2 aromatic rings. The lowest BCUT2D eigenvalue weighted by molar-refractivity contribution is 1.47. The minimum absolute atomic E-state index is 0.943. The lowest BCUT2D eigenvalue weighted by Gasteiger charge is -2.14. The van der Waals surface area contributed by atoms with Crippen LogP contribution in [0.1, 0.15) is 0 Å². The van der Waals surface area contributed by atoms with Crippen molar-refractivity contribution < 1.29 is 0 Å². The second-order valence-corrected chi connectivity index (χ2v) is 10.5. The number of hydrogen-bond donors (Lipinski definition) is 0. The average Bonchev–Trinajstić information content (AvgIpc) is 2.96. The third-order valence-electron chi connectivity index (χ3n) is 3.89. The van der Waals surface area contributed by atoms with Gasteiger partial charge < -0.3 is 0 Å². The van der Waals surface area contributed by atoms with Crippen molar-refractivity contribution in [2.24, 2.45) is 0 Å². The van der Waals surface area contributed by atoms with E-state index < -0.39 is 15.8 Å². The van der Waals surface area contributed by atoms with Crippen molar-refractivity contribution >= 4 is 38.2 Å². The Balaban J connectivity index is 2.63. The summed E-state index contributed by atoms with van der Waals surface area (Å²) in [5.74, 6) is 40.7. The number of hydrogen-bond acceptors (Lipinski definition) is 1. The average molecular weight is 539 g/mol. The van der Waals surface area contributed by atoms with E-state index in [1.165, 1.54) is 0 Å². The molecular formula is C36H12P2S. The summed E-state index contributed by atoms with van der Waals surface area (Å²) in [5, 5.41) is 1.89. The second-order valence-electron chi connectivity index (χ2n) is 6.23. The first-order valence-electron chi connectivity index (χ1n) is 10.6. The van der Waals surface area contributed by atoms with Crippen molar-refractivity contribution in [1.29, 1.82) is 0 Å². The smallest absolute Gasteiger partial charge is 0.0844 e. The summed E-state index contributed by atoms with van der Waals surface area (Å²) in [6.45, 7) is 0. The van der Waals surface area contributed by atoms with Crippen LogP contribution < -0.4 is 10.6 Å². The Morgan fingerprint density at radius 3 is 1.03 bits per heavy atom. The quantitative estimate of drug-likeness (QED) is 0.410. The molecule has 0 N–H and O–H groups in total. The number of terminal acetylenes is 4. The Hall–Kier alpha value is -5.63. The SMILES string of the molecule is C#CC#CC#CP(C#CC#CC#C)c1ccccc1Sc1ccccc1P(C#CC#CC#C)C#CC#CC#C. The highest BCUT2D eigenvalue weighted by Gasteiger charge is 2.16. The fourth-order valence-corrected chi connectivity index (χ4v) is 6.50. The fraction of sp³-hybridized carbons (Fsp3) is 0. The molecule has 0 unspecified atom stereocenters. The third-order valence-corrected chi connectivity index (χ3v) is 8.43. The molecule has 0 saturated carbocycles. The molecule has 0 saturated heterocycles. The van der Waals surface area contributed by atoms with Crippen molar-refractivity contribution in [3.63, 3.8) is 0 Å². The number of benzene rings is 2. The molecule has 0 radical (unpaired) electrons. The van der Waals surface area contributed by atoms with Gasteiger partial charge in [0.1, 0.15) is 0 Å². The summed E-state index contributed by atoms with van der Waals surface area (Å²) < 4.78 is 0. The third kappa shape index (κ3) is 10.9. The van der Waals surface area contributed by atoms with Crippen LogP contribution in [-0.4, -0.2) is 0 Å². The van der Waals surface area contributed by atoms with Gasteiger partial charge in [-0.2, -0.15) is 0 Å². The lowest BCUT2D eigenvalue weighted by Crippen LogP contribution is -2.06. The second kappa shape index (κ2) is 18.6. The summed E-state index contributed by atoms with van der Waals surface area (Å²) in [6, 6.07) is 15.7. The zero-order chi connectivity index (χ0) is 28.0. The van der Waals surface area contributed by atoms with Crippen LogP contribution in [0, 0.1) is 143 Å². The molecule has 0 aliphatic rings. The summed E-state index contributed by atoms with van der Waals surface area (Å²) in [4.78, 5) is 1.93. The summed E-state index contributed by atoms with van der Waals surface area (Å²) in [5.41, 5.74) is 12.5. The lowest BCUT2D eigenvalue weighted by atomic mass is 10.4. The van der Waals surface area contributed by atoms with E-state index in [0.29, 0.717) is 0 Å². The molecule has 0 spiro atoms. The maximum Gasteiger partial charge on any atom is 0.0844 e. The van der Waals surface area contributed by atoms with Gasteiger partial charge in [0.05, 0.1) is 15.8 Å². The van der Waals surface area contributed by atoms with Gasteiger partial charge in [0.25, 0.3) is 0 Å². The molecular weight excluding hydrogens is 526 g/mol. The maximum absolute atomic E-state index is 5.21. The Bertz CT molecular complexity index is 1700. The summed E-state index contributed by atoms with van der Waals surface area (Å²) >= 11 is 1.56. The molecule has 0 atom stereocenters. The van der Waals surface area contributed by atoms with Gasteiger partial charge in [-0.25, -0.2) is 0 Å². The molecule has 39 heavy (non-hydrogen) atoms. The van der Waals surface area contributed by atoms with E-state index in [-0.39, 0.29) is 0 Å². The van der Waals surface area contributed by atoms with Crippen molar-refractivity contribution in [3.8, 4) is 143 Å². The van der Waals surface area contributed by atoms with E-state index in [4.69, 9.17) is 25.7 Å². The van der Waals surface area contributed by atoms with Crippen LogP contribution in [0.2, 0.25) is 0 Å². The van der Waals surface area contributed by atoms with E-state index in [2.05, 4.69) is 117 Å². The molecule has 0 aliphatic heterocycles. The van der Waals surface area contributed by atoms with Gasteiger partial charge in [-0.05, 0) is 130 Å². The molecule has 0 fully saturated rings. The zero-order valence-electron chi connectivity index (χ0n) is 20.2. The molecule has 2 rings (SSSR count). The van der Waals surface area contributed by atoms with Crippen LogP contribution in [0.4, 0.5) is 0 Å². The van der Waals surface area contributed by atoms with E-state index >= 15 is 0 Å². The molecule has 2 aromatic carbocycles. The molecule has 3 heteroatoms.